The van der Waals surface area contributed by atoms with Crippen LogP contribution in [0.1, 0.15) is 24.9 Å². The predicted molar refractivity (Wildman–Crippen MR) is 70.4 cm³/mol. The number of thioether (sulfide) groups is 1. The summed E-state index contributed by atoms with van der Waals surface area (Å²) < 4.78 is 39.9. The minimum absolute atomic E-state index is 0.128. The van der Waals surface area contributed by atoms with Crippen molar-refractivity contribution in [3.05, 3.63) is 29.8 Å². The Kier molecular flexibility index (Phi) is 4.62. The van der Waals surface area contributed by atoms with Gasteiger partial charge in [0, 0.05) is 17.8 Å². The lowest BCUT2D eigenvalue weighted by molar-refractivity contribution is -0.274. The van der Waals surface area contributed by atoms with Crippen LogP contribution in [0.3, 0.4) is 0 Å². The molecule has 1 N–H and O–H groups in total. The van der Waals surface area contributed by atoms with Gasteiger partial charge in [0.15, 0.2) is 0 Å². The van der Waals surface area contributed by atoms with Crippen molar-refractivity contribution in [2.75, 3.05) is 11.5 Å². The van der Waals surface area contributed by atoms with E-state index in [2.05, 4.69) is 10.1 Å². The van der Waals surface area contributed by atoms with Gasteiger partial charge in [0.25, 0.3) is 0 Å². The standard InChI is InChI=1S/C13H16F3NOS/c1-9(17-11-6-7-19-8-11)10-2-4-12(5-3-10)18-13(14,15)16/h2-5,9,11,17H,6-8H2,1H3. The van der Waals surface area contributed by atoms with Crippen LogP contribution >= 0.6 is 11.8 Å². The summed E-state index contributed by atoms with van der Waals surface area (Å²) in [7, 11) is 0. The van der Waals surface area contributed by atoms with Gasteiger partial charge in [-0.3, -0.25) is 0 Å². The van der Waals surface area contributed by atoms with Crippen LogP contribution in [-0.4, -0.2) is 23.9 Å². The average molecular weight is 291 g/mol. The van der Waals surface area contributed by atoms with Gasteiger partial charge in [-0.25, -0.2) is 0 Å². The molecule has 0 aromatic heterocycles. The van der Waals surface area contributed by atoms with Gasteiger partial charge in [-0.2, -0.15) is 11.8 Å². The summed E-state index contributed by atoms with van der Waals surface area (Å²) in [6.07, 6.45) is -3.49. The molecule has 1 aromatic rings. The molecular formula is C13H16F3NOS. The molecule has 0 radical (unpaired) electrons. The number of hydrogen-bond acceptors (Lipinski definition) is 3. The quantitative estimate of drug-likeness (QED) is 0.913. The number of halogens is 3. The molecule has 0 spiro atoms. The molecule has 0 bridgehead atoms. The molecule has 106 valence electrons. The van der Waals surface area contributed by atoms with Crippen LogP contribution in [0.25, 0.3) is 0 Å². The first kappa shape index (κ1) is 14.5. The summed E-state index contributed by atoms with van der Waals surface area (Å²) in [4.78, 5) is 0. The molecule has 1 fully saturated rings. The van der Waals surface area contributed by atoms with Gasteiger partial charge in [0.2, 0.25) is 0 Å². The lowest BCUT2D eigenvalue weighted by Crippen LogP contribution is -2.31. The van der Waals surface area contributed by atoms with Crippen LogP contribution in [0.15, 0.2) is 24.3 Å². The van der Waals surface area contributed by atoms with Crippen LogP contribution in [0, 0.1) is 0 Å². The van der Waals surface area contributed by atoms with Crippen molar-refractivity contribution in [3.63, 3.8) is 0 Å². The molecule has 0 saturated carbocycles. The number of alkyl halides is 3. The minimum atomic E-state index is -4.63. The van der Waals surface area contributed by atoms with Crippen molar-refractivity contribution < 1.29 is 17.9 Å². The lowest BCUT2D eigenvalue weighted by atomic mass is 10.1. The van der Waals surface area contributed by atoms with E-state index >= 15 is 0 Å². The topological polar surface area (TPSA) is 21.3 Å². The van der Waals surface area contributed by atoms with Gasteiger partial charge < -0.3 is 10.1 Å². The second-order valence-corrected chi connectivity index (χ2v) is 5.72. The van der Waals surface area contributed by atoms with Crippen LogP contribution in [0.4, 0.5) is 13.2 Å². The molecule has 2 atom stereocenters. The molecule has 1 saturated heterocycles. The maximum absolute atomic E-state index is 12.0. The van der Waals surface area contributed by atoms with E-state index in [-0.39, 0.29) is 11.8 Å². The number of hydrogen-bond donors (Lipinski definition) is 1. The fourth-order valence-electron chi connectivity index (χ4n) is 2.07. The highest BCUT2D eigenvalue weighted by atomic mass is 32.2. The van der Waals surface area contributed by atoms with Crippen LogP contribution < -0.4 is 10.1 Å². The molecule has 2 unspecified atom stereocenters. The van der Waals surface area contributed by atoms with Crippen molar-refractivity contribution in [1.29, 1.82) is 0 Å². The van der Waals surface area contributed by atoms with Gasteiger partial charge in [0.05, 0.1) is 0 Å². The molecule has 19 heavy (non-hydrogen) atoms. The van der Waals surface area contributed by atoms with E-state index < -0.39 is 6.36 Å². The Morgan fingerprint density at radius 2 is 2.00 bits per heavy atom. The molecule has 2 nitrogen and oxygen atoms in total. The monoisotopic (exact) mass is 291 g/mol. The molecular weight excluding hydrogens is 275 g/mol. The molecule has 1 heterocycles. The van der Waals surface area contributed by atoms with E-state index in [0.717, 1.165) is 17.7 Å². The Balaban J connectivity index is 1.93. The van der Waals surface area contributed by atoms with E-state index in [1.165, 1.54) is 17.9 Å². The minimum Gasteiger partial charge on any atom is -0.406 e. The van der Waals surface area contributed by atoms with Gasteiger partial charge in [-0.05, 0) is 36.8 Å². The number of nitrogens with one attached hydrogen (secondary N) is 1. The Labute approximate surface area is 114 Å². The molecule has 1 aromatic carbocycles. The number of ether oxygens (including phenoxy) is 1. The Bertz CT molecular complexity index is 401. The molecule has 6 heteroatoms. The lowest BCUT2D eigenvalue weighted by Gasteiger charge is -2.19. The fourth-order valence-corrected chi connectivity index (χ4v) is 3.24. The zero-order valence-corrected chi connectivity index (χ0v) is 11.4. The third kappa shape index (κ3) is 4.62. The normalized spacial score (nSPS) is 21.4. The highest BCUT2D eigenvalue weighted by Crippen LogP contribution is 2.25. The molecule has 2 rings (SSSR count). The van der Waals surface area contributed by atoms with E-state index in [4.69, 9.17) is 0 Å². The average Bonchev–Trinajstić information content (AvgIpc) is 2.80. The maximum atomic E-state index is 12.0. The molecule has 1 aliphatic rings. The Morgan fingerprint density at radius 3 is 2.53 bits per heavy atom. The van der Waals surface area contributed by atoms with Gasteiger partial charge in [-0.15, -0.1) is 13.2 Å². The zero-order chi connectivity index (χ0) is 13.9. The zero-order valence-electron chi connectivity index (χ0n) is 10.5. The van der Waals surface area contributed by atoms with Crippen LogP contribution in [0.2, 0.25) is 0 Å². The van der Waals surface area contributed by atoms with Crippen molar-refractivity contribution in [1.82, 2.24) is 5.32 Å². The fraction of sp³-hybridized carbons (Fsp3) is 0.538. The second-order valence-electron chi connectivity index (χ2n) is 4.57. The SMILES string of the molecule is CC(NC1CCSC1)c1ccc(OC(F)(F)F)cc1. The molecule has 1 aliphatic heterocycles. The summed E-state index contributed by atoms with van der Waals surface area (Å²) in [5, 5.41) is 3.48. The summed E-state index contributed by atoms with van der Waals surface area (Å²) in [6.45, 7) is 2.02. The third-order valence-electron chi connectivity index (χ3n) is 3.03. The second kappa shape index (κ2) is 6.05. The van der Waals surface area contributed by atoms with Gasteiger partial charge in [0.1, 0.15) is 5.75 Å². The first-order chi connectivity index (χ1) is 8.94. The summed E-state index contributed by atoms with van der Waals surface area (Å²) >= 11 is 1.92. The maximum Gasteiger partial charge on any atom is 0.573 e. The predicted octanol–water partition coefficient (Wildman–Crippen LogP) is 3.74. The highest BCUT2D eigenvalue weighted by molar-refractivity contribution is 7.99. The van der Waals surface area contributed by atoms with Crippen molar-refractivity contribution >= 4 is 11.8 Å². The summed E-state index contributed by atoms with van der Waals surface area (Å²) in [6, 6.07) is 6.66. The van der Waals surface area contributed by atoms with E-state index in [0.29, 0.717) is 6.04 Å². The van der Waals surface area contributed by atoms with Crippen molar-refractivity contribution in [2.45, 2.75) is 31.8 Å². The smallest absolute Gasteiger partial charge is 0.406 e. The van der Waals surface area contributed by atoms with E-state index in [1.54, 1.807) is 12.1 Å². The Morgan fingerprint density at radius 1 is 1.32 bits per heavy atom. The number of benzene rings is 1. The molecule has 0 aliphatic carbocycles. The highest BCUT2D eigenvalue weighted by Gasteiger charge is 2.31. The Hall–Kier alpha value is -0.880. The largest absolute Gasteiger partial charge is 0.573 e. The van der Waals surface area contributed by atoms with E-state index in [9.17, 15) is 13.2 Å². The molecule has 0 amide bonds. The first-order valence-corrected chi connectivity index (χ1v) is 7.29. The van der Waals surface area contributed by atoms with Crippen LogP contribution in [-0.2, 0) is 0 Å². The van der Waals surface area contributed by atoms with Crippen LogP contribution in [0.5, 0.6) is 5.75 Å². The van der Waals surface area contributed by atoms with Gasteiger partial charge >= 0.3 is 6.36 Å². The summed E-state index contributed by atoms with van der Waals surface area (Å²) in [5.74, 6) is 2.09. The van der Waals surface area contributed by atoms with Crippen molar-refractivity contribution in [2.24, 2.45) is 0 Å². The first-order valence-electron chi connectivity index (χ1n) is 6.13. The number of rotatable bonds is 4. The third-order valence-corrected chi connectivity index (χ3v) is 4.19. The van der Waals surface area contributed by atoms with E-state index in [1.807, 2.05) is 18.7 Å². The van der Waals surface area contributed by atoms with Gasteiger partial charge in [-0.1, -0.05) is 12.1 Å². The van der Waals surface area contributed by atoms with Crippen molar-refractivity contribution in [3.8, 4) is 5.75 Å². The summed E-state index contributed by atoms with van der Waals surface area (Å²) in [5.41, 5.74) is 0.964.